The standard InChI is InChI=1S/C23H28O3.4CH4.3H2S/c1-5-9-23(25)10-8-19-21-20(18(14(2)3)12-22(19,23)4)17-7-6-16(24)11-15(17)13-26-21;;;;;;;/h11,18-19,21,25H,2,6-8,10,12-13H2,1,3-4H3;4*1H4;3*1H2/t18?,19-,21-,22-,23-;;;;;;;/m0......./s1. The van der Waals surface area contributed by atoms with E-state index in [4.69, 9.17) is 4.74 Å². The van der Waals surface area contributed by atoms with Crippen molar-refractivity contribution >= 4 is 46.3 Å². The summed E-state index contributed by atoms with van der Waals surface area (Å²) in [7, 11) is 0. The third-order valence-electron chi connectivity index (χ3n) is 7.29. The lowest BCUT2D eigenvalue weighted by molar-refractivity contribution is -0.115. The zero-order valence-corrected chi connectivity index (χ0v) is 20.5. The number of fused-ring (bicyclic) bond motifs is 4. The average Bonchev–Trinajstić information content (AvgIpc) is 2.85. The first-order chi connectivity index (χ1) is 12.3. The summed E-state index contributed by atoms with van der Waals surface area (Å²) in [4.78, 5) is 11.9. The van der Waals surface area contributed by atoms with Crippen LogP contribution in [0.5, 0.6) is 0 Å². The van der Waals surface area contributed by atoms with Crippen molar-refractivity contribution in [3.05, 3.63) is 34.9 Å². The Kier molecular flexibility index (Phi) is 16.9. The van der Waals surface area contributed by atoms with Crippen molar-refractivity contribution in [2.45, 2.75) is 94.3 Å². The number of ether oxygens (including phenoxy) is 1. The number of rotatable bonds is 1. The highest BCUT2D eigenvalue weighted by Gasteiger charge is 2.63. The van der Waals surface area contributed by atoms with Gasteiger partial charge in [-0.2, -0.15) is 40.5 Å². The van der Waals surface area contributed by atoms with Crippen molar-refractivity contribution in [2.75, 3.05) is 6.61 Å². The summed E-state index contributed by atoms with van der Waals surface area (Å²) in [6, 6.07) is 0. The van der Waals surface area contributed by atoms with Crippen LogP contribution in [0.2, 0.25) is 0 Å². The maximum Gasteiger partial charge on any atom is 0.156 e. The predicted molar refractivity (Wildman–Crippen MR) is 159 cm³/mol. The zero-order chi connectivity index (χ0) is 18.7. The summed E-state index contributed by atoms with van der Waals surface area (Å²) in [5, 5.41) is 11.4. The smallest absolute Gasteiger partial charge is 0.156 e. The van der Waals surface area contributed by atoms with Crippen molar-refractivity contribution in [3.63, 3.8) is 0 Å². The van der Waals surface area contributed by atoms with Crippen LogP contribution in [0.3, 0.4) is 0 Å². The van der Waals surface area contributed by atoms with Crippen molar-refractivity contribution < 1.29 is 14.6 Å². The molecule has 0 spiro atoms. The zero-order valence-electron chi connectivity index (χ0n) is 17.5. The van der Waals surface area contributed by atoms with E-state index in [-0.39, 0.29) is 99.3 Å². The first-order valence-electron chi connectivity index (χ1n) is 9.71. The molecule has 1 N–H and O–H groups in total. The number of hydrogen-bond acceptors (Lipinski definition) is 3. The van der Waals surface area contributed by atoms with Gasteiger partial charge in [0.15, 0.2) is 5.78 Å². The van der Waals surface area contributed by atoms with Gasteiger partial charge >= 0.3 is 0 Å². The van der Waals surface area contributed by atoms with Crippen LogP contribution in [0.25, 0.3) is 0 Å². The lowest BCUT2D eigenvalue weighted by atomic mass is 9.55. The molecule has 4 rings (SSSR count). The molecule has 2 fully saturated rings. The van der Waals surface area contributed by atoms with Gasteiger partial charge < -0.3 is 9.84 Å². The summed E-state index contributed by atoms with van der Waals surface area (Å²) in [6.07, 6.45) is 5.64. The monoisotopic (exact) mass is 518 g/mol. The summed E-state index contributed by atoms with van der Waals surface area (Å²) in [5.41, 5.74) is 3.56. The Balaban J connectivity index is -0.000000601. The second-order valence-electron chi connectivity index (χ2n) is 8.70. The minimum Gasteiger partial charge on any atom is -0.377 e. The number of allylic oxidation sites excluding steroid dienone is 2. The van der Waals surface area contributed by atoms with Gasteiger partial charge in [-0.05, 0) is 68.2 Å². The molecular weight excluding hydrogens is 468 g/mol. The van der Waals surface area contributed by atoms with E-state index in [2.05, 4.69) is 32.3 Å². The fourth-order valence-electron chi connectivity index (χ4n) is 5.87. The maximum atomic E-state index is 11.9. The van der Waals surface area contributed by atoms with E-state index < -0.39 is 5.60 Å². The van der Waals surface area contributed by atoms with Crippen LogP contribution in [0.1, 0.15) is 82.6 Å². The molecule has 0 aromatic heterocycles. The molecule has 1 aliphatic heterocycles. The Bertz CT molecular complexity index is 820. The normalized spacial score (nSPS) is 32.7. The highest BCUT2D eigenvalue weighted by Crippen LogP contribution is 2.63. The number of carbonyl (C=O) groups excluding carboxylic acids is 1. The van der Waals surface area contributed by atoms with Gasteiger partial charge in [0.25, 0.3) is 0 Å². The minimum absolute atomic E-state index is 0. The predicted octanol–water partition coefficient (Wildman–Crippen LogP) is 6.62. The van der Waals surface area contributed by atoms with Gasteiger partial charge in [0.2, 0.25) is 0 Å². The fourth-order valence-corrected chi connectivity index (χ4v) is 5.87. The van der Waals surface area contributed by atoms with Crippen molar-refractivity contribution in [1.29, 1.82) is 0 Å². The second-order valence-corrected chi connectivity index (χ2v) is 8.70. The molecule has 0 radical (unpaired) electrons. The highest BCUT2D eigenvalue weighted by atomic mass is 32.1. The van der Waals surface area contributed by atoms with Gasteiger partial charge in [-0.15, -0.1) is 5.92 Å². The molecule has 0 bridgehead atoms. The number of carbonyl (C=O) groups is 1. The van der Waals surface area contributed by atoms with Crippen LogP contribution in [-0.4, -0.2) is 29.2 Å². The Morgan fingerprint density at radius 3 is 2.33 bits per heavy atom. The molecule has 4 aliphatic rings. The number of ketones is 1. The average molecular weight is 519 g/mol. The van der Waals surface area contributed by atoms with E-state index in [1.807, 2.05) is 0 Å². The summed E-state index contributed by atoms with van der Waals surface area (Å²) in [5.74, 6) is 6.71. The molecule has 0 saturated heterocycles. The fraction of sp³-hybridized carbons (Fsp3) is 0.667. The summed E-state index contributed by atoms with van der Waals surface area (Å²) < 4.78 is 6.35. The molecule has 5 atom stereocenters. The van der Waals surface area contributed by atoms with E-state index in [9.17, 15) is 9.90 Å². The Morgan fingerprint density at radius 2 is 1.79 bits per heavy atom. The first-order valence-corrected chi connectivity index (χ1v) is 9.71. The van der Waals surface area contributed by atoms with E-state index in [1.165, 1.54) is 11.1 Å². The van der Waals surface area contributed by atoms with E-state index in [1.54, 1.807) is 13.0 Å². The van der Waals surface area contributed by atoms with Crippen LogP contribution in [0, 0.1) is 29.1 Å². The Morgan fingerprint density at radius 1 is 1.18 bits per heavy atom. The van der Waals surface area contributed by atoms with E-state index in [0.29, 0.717) is 19.4 Å². The second kappa shape index (κ2) is 14.1. The van der Waals surface area contributed by atoms with Crippen LogP contribution >= 0.6 is 40.5 Å². The quantitative estimate of drug-likeness (QED) is 0.313. The largest absolute Gasteiger partial charge is 0.377 e. The lowest BCUT2D eigenvalue weighted by Crippen LogP contribution is -2.54. The molecule has 1 unspecified atom stereocenters. The van der Waals surface area contributed by atoms with E-state index >= 15 is 0 Å². The maximum absolute atomic E-state index is 11.9. The molecule has 1 heterocycles. The summed E-state index contributed by atoms with van der Waals surface area (Å²) >= 11 is 0. The summed E-state index contributed by atoms with van der Waals surface area (Å²) in [6.45, 7) is 10.8. The molecule has 0 aromatic carbocycles. The lowest BCUT2D eigenvalue weighted by Gasteiger charge is -2.53. The van der Waals surface area contributed by atoms with Gasteiger partial charge in [-0.1, -0.05) is 54.7 Å². The highest BCUT2D eigenvalue weighted by molar-refractivity contribution is 7.59. The third-order valence-corrected chi connectivity index (χ3v) is 7.29. The van der Waals surface area contributed by atoms with Crippen molar-refractivity contribution in [3.8, 4) is 11.8 Å². The van der Waals surface area contributed by atoms with Gasteiger partial charge in [-0.25, -0.2) is 0 Å². The Labute approximate surface area is 225 Å². The molecule has 0 aromatic rings. The third kappa shape index (κ3) is 5.98. The SMILES string of the molecule is C.C.C.C.C=C(C)C1C[C@@]2(C)[C@@H](CC[C@@]2(O)C#CC)[C@@H]2OCC3=CC(=O)CCC3=C12.S.S.S. The van der Waals surface area contributed by atoms with Crippen molar-refractivity contribution in [1.82, 2.24) is 0 Å². The molecule has 3 aliphatic carbocycles. The Hall–Kier alpha value is -0.580. The molecule has 2 saturated carbocycles. The van der Waals surface area contributed by atoms with Crippen LogP contribution in [-0.2, 0) is 9.53 Å². The van der Waals surface area contributed by atoms with Gasteiger partial charge in [0, 0.05) is 17.8 Å². The minimum atomic E-state index is -0.960. The van der Waals surface area contributed by atoms with Crippen molar-refractivity contribution in [2.24, 2.45) is 17.3 Å². The molecular formula is C27H50O3S3. The van der Waals surface area contributed by atoms with Gasteiger partial charge in [-0.3, -0.25) is 4.79 Å². The number of aliphatic hydroxyl groups is 1. The van der Waals surface area contributed by atoms with Crippen LogP contribution in [0.15, 0.2) is 34.9 Å². The molecule has 33 heavy (non-hydrogen) atoms. The van der Waals surface area contributed by atoms with Crippen LogP contribution in [0.4, 0.5) is 0 Å². The first kappa shape index (κ1) is 39.6. The van der Waals surface area contributed by atoms with E-state index in [0.717, 1.165) is 30.4 Å². The van der Waals surface area contributed by atoms with Gasteiger partial charge in [0.1, 0.15) is 5.60 Å². The number of hydrogen-bond donors (Lipinski definition) is 1. The molecule has 194 valence electrons. The van der Waals surface area contributed by atoms with Gasteiger partial charge in [0.05, 0.1) is 12.7 Å². The van der Waals surface area contributed by atoms with Crippen LogP contribution < -0.4 is 0 Å². The molecule has 3 nitrogen and oxygen atoms in total. The molecule has 0 amide bonds. The molecule has 6 heteroatoms. The topological polar surface area (TPSA) is 46.5 Å².